The SMILES string of the molecule is O=C(Nc1cc(F)cc(F)c1)c1cc2c(c3ccccc3n2CC2CC2)n1-c1ncccn1. The third kappa shape index (κ3) is 3.44. The summed E-state index contributed by atoms with van der Waals surface area (Å²) in [5.74, 6) is -1.07. The number of rotatable bonds is 5. The van der Waals surface area contributed by atoms with Crippen molar-refractivity contribution in [1.29, 1.82) is 0 Å². The molecule has 1 aliphatic carbocycles. The molecule has 0 bridgehead atoms. The van der Waals surface area contributed by atoms with Gasteiger partial charge in [-0.05, 0) is 49.1 Å². The third-order valence-corrected chi connectivity index (χ3v) is 5.96. The molecule has 1 fully saturated rings. The first-order chi connectivity index (χ1) is 16.1. The quantitative estimate of drug-likeness (QED) is 0.400. The second-order valence-electron chi connectivity index (χ2n) is 8.33. The monoisotopic (exact) mass is 443 g/mol. The van der Waals surface area contributed by atoms with Crippen LogP contribution in [0.5, 0.6) is 0 Å². The Morgan fingerprint density at radius 1 is 0.970 bits per heavy atom. The Morgan fingerprint density at radius 3 is 2.42 bits per heavy atom. The standard InChI is InChI=1S/C25H19F2N5O/c26-16-10-17(27)12-18(11-16)30-24(33)22-13-21-23(32(22)25-28-8-3-9-29-25)19-4-1-2-5-20(19)31(21)14-15-6-7-15/h1-5,8-13,15H,6-7,14H2,(H,30,33). The molecule has 33 heavy (non-hydrogen) atoms. The van der Waals surface area contributed by atoms with E-state index in [0.717, 1.165) is 46.7 Å². The molecule has 0 aliphatic heterocycles. The van der Waals surface area contributed by atoms with Crippen molar-refractivity contribution in [2.75, 3.05) is 5.32 Å². The molecule has 0 spiro atoms. The van der Waals surface area contributed by atoms with Gasteiger partial charge in [0.1, 0.15) is 17.3 Å². The van der Waals surface area contributed by atoms with Crippen LogP contribution in [0.2, 0.25) is 0 Å². The Balaban J connectivity index is 1.57. The van der Waals surface area contributed by atoms with Crippen LogP contribution in [0.25, 0.3) is 27.9 Å². The average Bonchev–Trinajstić information content (AvgIpc) is 3.46. The highest BCUT2D eigenvalue weighted by molar-refractivity contribution is 6.13. The maximum Gasteiger partial charge on any atom is 0.272 e. The van der Waals surface area contributed by atoms with E-state index in [1.54, 1.807) is 29.1 Å². The second-order valence-corrected chi connectivity index (χ2v) is 8.33. The fraction of sp³-hybridized carbons (Fsp3) is 0.160. The van der Waals surface area contributed by atoms with Gasteiger partial charge >= 0.3 is 0 Å². The molecule has 6 rings (SSSR count). The Labute approximate surface area is 187 Å². The Bertz CT molecular complexity index is 1500. The highest BCUT2D eigenvalue weighted by atomic mass is 19.1. The summed E-state index contributed by atoms with van der Waals surface area (Å²) in [4.78, 5) is 22.1. The number of amides is 1. The minimum absolute atomic E-state index is 0.0367. The summed E-state index contributed by atoms with van der Waals surface area (Å²) < 4.78 is 31.3. The summed E-state index contributed by atoms with van der Waals surface area (Å²) in [6.45, 7) is 0.861. The molecule has 164 valence electrons. The number of nitrogens with one attached hydrogen (secondary N) is 1. The number of aromatic nitrogens is 4. The van der Waals surface area contributed by atoms with Crippen molar-refractivity contribution >= 4 is 33.5 Å². The zero-order valence-corrected chi connectivity index (χ0v) is 17.5. The maximum absolute atomic E-state index is 13.7. The van der Waals surface area contributed by atoms with Crippen molar-refractivity contribution in [2.45, 2.75) is 19.4 Å². The summed E-state index contributed by atoms with van der Waals surface area (Å²) >= 11 is 0. The molecule has 1 aliphatic rings. The van der Waals surface area contributed by atoms with Crippen LogP contribution in [0.3, 0.4) is 0 Å². The summed E-state index contributed by atoms with van der Waals surface area (Å²) in [6, 6.07) is 14.5. The van der Waals surface area contributed by atoms with E-state index in [4.69, 9.17) is 0 Å². The predicted octanol–water partition coefficient (Wildman–Crippen LogP) is 5.32. The smallest absolute Gasteiger partial charge is 0.272 e. The lowest BCUT2D eigenvalue weighted by molar-refractivity contribution is 0.102. The number of para-hydroxylation sites is 1. The first-order valence-corrected chi connectivity index (χ1v) is 10.8. The summed E-state index contributed by atoms with van der Waals surface area (Å²) in [7, 11) is 0. The number of nitrogens with zero attached hydrogens (tertiary/aromatic N) is 4. The van der Waals surface area contributed by atoms with E-state index in [9.17, 15) is 13.6 Å². The zero-order valence-electron chi connectivity index (χ0n) is 17.5. The molecular weight excluding hydrogens is 424 g/mol. The van der Waals surface area contributed by atoms with E-state index >= 15 is 0 Å². The van der Waals surface area contributed by atoms with Gasteiger partial charge in [0.15, 0.2) is 0 Å². The molecule has 1 amide bonds. The van der Waals surface area contributed by atoms with Crippen LogP contribution < -0.4 is 5.32 Å². The van der Waals surface area contributed by atoms with Crippen LogP contribution >= 0.6 is 0 Å². The number of carbonyl (C=O) groups excluding carboxylic acids is 1. The van der Waals surface area contributed by atoms with Crippen molar-refractivity contribution in [3.63, 3.8) is 0 Å². The van der Waals surface area contributed by atoms with Crippen molar-refractivity contribution < 1.29 is 13.6 Å². The number of carbonyl (C=O) groups is 1. The molecule has 8 heteroatoms. The molecule has 0 unspecified atom stereocenters. The first kappa shape index (κ1) is 19.6. The fourth-order valence-corrected chi connectivity index (χ4v) is 4.36. The molecular formula is C25H19F2N5O. The van der Waals surface area contributed by atoms with Gasteiger partial charge in [-0.3, -0.25) is 9.36 Å². The lowest BCUT2D eigenvalue weighted by atomic mass is 10.2. The van der Waals surface area contributed by atoms with Gasteiger partial charge in [0, 0.05) is 36.1 Å². The Hall–Kier alpha value is -4.07. The number of fused-ring (bicyclic) bond motifs is 3. The number of benzene rings is 2. The van der Waals surface area contributed by atoms with Crippen molar-refractivity contribution in [1.82, 2.24) is 19.1 Å². The van der Waals surface area contributed by atoms with E-state index in [-0.39, 0.29) is 11.4 Å². The van der Waals surface area contributed by atoms with Gasteiger partial charge in [-0.2, -0.15) is 0 Å². The van der Waals surface area contributed by atoms with Crippen molar-refractivity contribution in [3.05, 3.63) is 84.3 Å². The highest BCUT2D eigenvalue weighted by Gasteiger charge is 2.28. The molecule has 5 aromatic rings. The molecule has 6 nitrogen and oxygen atoms in total. The topological polar surface area (TPSA) is 64.7 Å². The van der Waals surface area contributed by atoms with E-state index in [2.05, 4.69) is 25.9 Å². The number of hydrogen-bond donors (Lipinski definition) is 1. The van der Waals surface area contributed by atoms with Gasteiger partial charge in [-0.1, -0.05) is 18.2 Å². The third-order valence-electron chi connectivity index (χ3n) is 5.96. The Morgan fingerprint density at radius 2 is 1.70 bits per heavy atom. The first-order valence-electron chi connectivity index (χ1n) is 10.8. The van der Waals surface area contributed by atoms with Crippen LogP contribution in [0.15, 0.2) is 67.0 Å². The van der Waals surface area contributed by atoms with Gasteiger partial charge in [-0.25, -0.2) is 18.7 Å². The molecule has 1 saturated carbocycles. The Kier molecular flexibility index (Phi) is 4.46. The van der Waals surface area contributed by atoms with Crippen LogP contribution in [-0.2, 0) is 6.54 Å². The summed E-state index contributed by atoms with van der Waals surface area (Å²) in [5.41, 5.74) is 3.12. The second kappa shape index (κ2) is 7.51. The molecule has 0 saturated heterocycles. The highest BCUT2D eigenvalue weighted by Crippen LogP contribution is 2.38. The van der Waals surface area contributed by atoms with Gasteiger partial charge in [0.25, 0.3) is 5.91 Å². The average molecular weight is 443 g/mol. The van der Waals surface area contributed by atoms with Crippen LogP contribution in [-0.4, -0.2) is 25.0 Å². The summed E-state index contributed by atoms with van der Waals surface area (Å²) in [6.07, 6.45) is 5.60. The normalized spacial score (nSPS) is 13.6. The predicted molar refractivity (Wildman–Crippen MR) is 121 cm³/mol. The largest absolute Gasteiger partial charge is 0.339 e. The van der Waals surface area contributed by atoms with E-state index in [0.29, 0.717) is 11.9 Å². The molecule has 3 heterocycles. The fourth-order valence-electron chi connectivity index (χ4n) is 4.36. The maximum atomic E-state index is 13.7. The van der Waals surface area contributed by atoms with Gasteiger partial charge in [0.05, 0.1) is 16.6 Å². The van der Waals surface area contributed by atoms with Crippen LogP contribution in [0.1, 0.15) is 23.3 Å². The van der Waals surface area contributed by atoms with E-state index in [1.807, 2.05) is 18.2 Å². The lowest BCUT2D eigenvalue weighted by Gasteiger charge is -2.10. The minimum atomic E-state index is -0.765. The number of halogens is 2. The van der Waals surface area contributed by atoms with Crippen LogP contribution in [0, 0.1) is 17.6 Å². The molecule has 3 aromatic heterocycles. The van der Waals surface area contributed by atoms with Crippen LogP contribution in [0.4, 0.5) is 14.5 Å². The number of hydrogen-bond acceptors (Lipinski definition) is 3. The molecule has 0 atom stereocenters. The zero-order chi connectivity index (χ0) is 22.5. The lowest BCUT2D eigenvalue weighted by Crippen LogP contribution is -2.17. The minimum Gasteiger partial charge on any atom is -0.339 e. The van der Waals surface area contributed by atoms with E-state index in [1.165, 1.54) is 12.8 Å². The van der Waals surface area contributed by atoms with Gasteiger partial charge in [-0.15, -0.1) is 0 Å². The van der Waals surface area contributed by atoms with Gasteiger partial charge in [0.2, 0.25) is 5.95 Å². The summed E-state index contributed by atoms with van der Waals surface area (Å²) in [5, 5.41) is 3.60. The van der Waals surface area contributed by atoms with E-state index < -0.39 is 17.5 Å². The van der Waals surface area contributed by atoms with Crippen molar-refractivity contribution in [3.8, 4) is 5.95 Å². The molecule has 0 radical (unpaired) electrons. The number of anilines is 1. The van der Waals surface area contributed by atoms with Gasteiger partial charge < -0.3 is 9.88 Å². The van der Waals surface area contributed by atoms with Crippen molar-refractivity contribution in [2.24, 2.45) is 5.92 Å². The molecule has 1 N–H and O–H groups in total. The molecule has 2 aromatic carbocycles.